The van der Waals surface area contributed by atoms with E-state index in [4.69, 9.17) is 16.0 Å². The van der Waals surface area contributed by atoms with E-state index < -0.39 is 15.9 Å². The highest BCUT2D eigenvalue weighted by Crippen LogP contribution is 2.34. The molecule has 8 nitrogen and oxygen atoms in total. The maximum Gasteiger partial charge on any atom is 0.263 e. The minimum atomic E-state index is -3.36. The first-order chi connectivity index (χ1) is 16.3. The Bertz CT molecular complexity index is 1490. The van der Waals surface area contributed by atoms with Crippen LogP contribution in [-0.2, 0) is 26.9 Å². The van der Waals surface area contributed by atoms with Gasteiger partial charge in [0.25, 0.3) is 5.91 Å². The third kappa shape index (κ3) is 4.49. The van der Waals surface area contributed by atoms with Gasteiger partial charge in [0.2, 0.25) is 0 Å². The Kier molecular flexibility index (Phi) is 5.75. The minimum absolute atomic E-state index is 0.111. The number of nitrogens with zero attached hydrogens (tertiary/aromatic N) is 4. The van der Waals surface area contributed by atoms with Gasteiger partial charge in [0.1, 0.15) is 29.9 Å². The molecule has 0 aliphatic carbocycles. The number of carbonyl (C=O) groups excluding carboxylic acids is 1. The van der Waals surface area contributed by atoms with E-state index in [9.17, 15) is 13.2 Å². The van der Waals surface area contributed by atoms with Crippen LogP contribution in [0.25, 0.3) is 11.0 Å². The molecule has 0 radical (unpaired) electrons. The van der Waals surface area contributed by atoms with Gasteiger partial charge in [0.05, 0.1) is 23.0 Å². The number of sulfone groups is 1. The second-order valence-corrected chi connectivity index (χ2v) is 10.8. The second kappa shape index (κ2) is 8.73. The summed E-state index contributed by atoms with van der Waals surface area (Å²) >= 11 is 6.02. The number of imidazole rings is 1. The van der Waals surface area contributed by atoms with E-state index in [0.29, 0.717) is 34.1 Å². The van der Waals surface area contributed by atoms with Gasteiger partial charge in [-0.05, 0) is 42.0 Å². The number of para-hydroxylation sites is 2. The van der Waals surface area contributed by atoms with Crippen molar-refractivity contribution >= 4 is 44.1 Å². The van der Waals surface area contributed by atoms with Crippen LogP contribution in [0, 0.1) is 0 Å². The summed E-state index contributed by atoms with van der Waals surface area (Å²) in [5.74, 6) is 0.361. The van der Waals surface area contributed by atoms with Gasteiger partial charge in [-0.2, -0.15) is 5.10 Å². The highest BCUT2D eigenvalue weighted by molar-refractivity contribution is 7.89. The van der Waals surface area contributed by atoms with Crippen molar-refractivity contribution in [3.8, 4) is 0 Å². The molecule has 0 fully saturated rings. The van der Waals surface area contributed by atoms with Crippen molar-refractivity contribution in [2.75, 3.05) is 6.26 Å². The van der Waals surface area contributed by atoms with Crippen LogP contribution in [0.4, 0.5) is 0 Å². The molecule has 1 atom stereocenters. The van der Waals surface area contributed by atoms with E-state index in [2.05, 4.69) is 10.1 Å². The van der Waals surface area contributed by atoms with E-state index in [0.717, 1.165) is 17.5 Å². The Morgan fingerprint density at radius 2 is 1.88 bits per heavy atom. The minimum Gasteiger partial charge on any atom is -0.467 e. The maximum atomic E-state index is 13.6. The van der Waals surface area contributed by atoms with Gasteiger partial charge in [-0.3, -0.25) is 4.79 Å². The van der Waals surface area contributed by atoms with Crippen LogP contribution < -0.4 is 0 Å². The molecule has 0 saturated heterocycles. The molecule has 0 spiro atoms. The van der Waals surface area contributed by atoms with Gasteiger partial charge >= 0.3 is 0 Å². The number of halogens is 1. The van der Waals surface area contributed by atoms with Crippen LogP contribution >= 0.6 is 11.6 Å². The monoisotopic (exact) mass is 496 g/mol. The molecule has 2 aromatic heterocycles. The molecule has 4 aromatic rings. The lowest BCUT2D eigenvalue weighted by molar-refractivity contribution is -0.134. The quantitative estimate of drug-likeness (QED) is 0.398. The Hall–Kier alpha value is -3.43. The topological polar surface area (TPSA) is 97.8 Å². The number of amides is 1. The Morgan fingerprint density at radius 1 is 1.12 bits per heavy atom. The number of fused-ring (bicyclic) bond motifs is 1. The van der Waals surface area contributed by atoms with E-state index in [1.165, 1.54) is 5.01 Å². The number of carbonyl (C=O) groups is 1. The lowest BCUT2D eigenvalue weighted by Gasteiger charge is -2.20. The third-order valence-electron chi connectivity index (χ3n) is 5.63. The molecule has 1 aliphatic heterocycles. The fourth-order valence-electron chi connectivity index (χ4n) is 4.11. The second-order valence-electron chi connectivity index (χ2n) is 8.20. The van der Waals surface area contributed by atoms with Gasteiger partial charge < -0.3 is 8.98 Å². The number of rotatable bonds is 6. The summed E-state index contributed by atoms with van der Waals surface area (Å²) in [5.41, 5.74) is 2.91. The molecule has 5 rings (SSSR count). The van der Waals surface area contributed by atoms with E-state index in [-0.39, 0.29) is 18.2 Å². The zero-order valence-electron chi connectivity index (χ0n) is 18.3. The summed E-state index contributed by atoms with van der Waals surface area (Å²) in [6.07, 6.45) is 3.18. The summed E-state index contributed by atoms with van der Waals surface area (Å²) < 4.78 is 31.3. The van der Waals surface area contributed by atoms with Crippen molar-refractivity contribution in [1.82, 2.24) is 14.6 Å². The van der Waals surface area contributed by atoms with Crippen LogP contribution in [-0.4, -0.2) is 40.9 Å². The Balaban J connectivity index is 1.52. The first-order valence-corrected chi connectivity index (χ1v) is 13.0. The maximum absolute atomic E-state index is 13.6. The summed E-state index contributed by atoms with van der Waals surface area (Å²) in [6, 6.07) is 17.7. The molecule has 1 amide bonds. The zero-order chi connectivity index (χ0) is 23.9. The Morgan fingerprint density at radius 3 is 2.59 bits per heavy atom. The SMILES string of the molecule is CS(=O)(=O)Cc1nc2ccccc2n1CC(=O)N1N=C(c2ccc(Cl)cc2)C[C@H]1c1ccco1. The van der Waals surface area contributed by atoms with Crippen molar-refractivity contribution < 1.29 is 17.6 Å². The van der Waals surface area contributed by atoms with Crippen LogP contribution in [0.3, 0.4) is 0 Å². The lowest BCUT2D eigenvalue weighted by atomic mass is 10.0. The van der Waals surface area contributed by atoms with Crippen LogP contribution in [0.5, 0.6) is 0 Å². The predicted molar refractivity (Wildman–Crippen MR) is 129 cm³/mol. The average Bonchev–Trinajstić information content (AvgIpc) is 3.52. The molecule has 174 valence electrons. The summed E-state index contributed by atoms with van der Waals surface area (Å²) in [7, 11) is -3.36. The molecule has 34 heavy (non-hydrogen) atoms. The number of hydrogen-bond acceptors (Lipinski definition) is 6. The fourth-order valence-corrected chi connectivity index (χ4v) is 4.93. The molecular weight excluding hydrogens is 476 g/mol. The molecule has 1 aliphatic rings. The summed E-state index contributed by atoms with van der Waals surface area (Å²) in [5, 5.41) is 6.67. The molecule has 2 aromatic carbocycles. The standard InChI is InChI=1S/C24H21ClN4O4S/c1-34(31,32)15-23-26-18-5-2-3-6-20(18)28(23)14-24(30)29-21(22-7-4-12-33-22)13-19(27-29)16-8-10-17(25)11-9-16/h2-12,21H,13-15H2,1H3/t21-/m0/s1. The van der Waals surface area contributed by atoms with E-state index in [1.54, 1.807) is 35.1 Å². The van der Waals surface area contributed by atoms with Crippen molar-refractivity contribution in [1.29, 1.82) is 0 Å². The van der Waals surface area contributed by atoms with E-state index in [1.807, 2.05) is 36.4 Å². The van der Waals surface area contributed by atoms with E-state index >= 15 is 0 Å². The van der Waals surface area contributed by atoms with Crippen molar-refractivity contribution in [3.63, 3.8) is 0 Å². The van der Waals surface area contributed by atoms with Gasteiger partial charge in [0.15, 0.2) is 9.84 Å². The Labute approximate surface area is 201 Å². The molecule has 3 heterocycles. The zero-order valence-corrected chi connectivity index (χ0v) is 19.8. The van der Waals surface area contributed by atoms with Crippen molar-refractivity contribution in [2.45, 2.75) is 24.8 Å². The van der Waals surface area contributed by atoms with Gasteiger partial charge in [-0.1, -0.05) is 35.9 Å². The molecule has 0 saturated carbocycles. The number of hydrogen-bond donors (Lipinski definition) is 0. The number of aromatic nitrogens is 2. The molecule has 0 unspecified atom stereocenters. The normalized spacial score (nSPS) is 16.2. The molecule has 10 heteroatoms. The van der Waals surface area contributed by atoms with Crippen LogP contribution in [0.15, 0.2) is 76.4 Å². The van der Waals surface area contributed by atoms with Gasteiger partial charge in [-0.25, -0.2) is 18.4 Å². The first kappa shape index (κ1) is 22.4. The predicted octanol–water partition coefficient (Wildman–Crippen LogP) is 4.21. The van der Waals surface area contributed by atoms with Gasteiger partial charge in [-0.15, -0.1) is 0 Å². The summed E-state index contributed by atoms with van der Waals surface area (Å²) in [4.78, 5) is 18.0. The number of furan rings is 1. The largest absolute Gasteiger partial charge is 0.467 e. The van der Waals surface area contributed by atoms with Gasteiger partial charge in [0, 0.05) is 17.7 Å². The van der Waals surface area contributed by atoms with Crippen molar-refractivity contribution in [2.24, 2.45) is 5.10 Å². The van der Waals surface area contributed by atoms with Crippen LogP contribution in [0.2, 0.25) is 5.02 Å². The smallest absolute Gasteiger partial charge is 0.263 e. The highest BCUT2D eigenvalue weighted by Gasteiger charge is 2.35. The van der Waals surface area contributed by atoms with Crippen molar-refractivity contribution in [3.05, 3.63) is 89.1 Å². The number of hydrazone groups is 1. The summed E-state index contributed by atoms with van der Waals surface area (Å²) in [6.45, 7) is -0.111. The highest BCUT2D eigenvalue weighted by atomic mass is 35.5. The first-order valence-electron chi connectivity index (χ1n) is 10.6. The molecule has 0 N–H and O–H groups in total. The fraction of sp³-hybridized carbons (Fsp3) is 0.208. The number of benzene rings is 2. The molecule has 0 bridgehead atoms. The van der Waals surface area contributed by atoms with Crippen LogP contribution in [0.1, 0.15) is 29.6 Å². The lowest BCUT2D eigenvalue weighted by Crippen LogP contribution is -2.31. The average molecular weight is 497 g/mol. The molecular formula is C24H21ClN4O4S. The third-order valence-corrected chi connectivity index (χ3v) is 6.67.